The van der Waals surface area contributed by atoms with Gasteiger partial charge in [-0.2, -0.15) is 0 Å². The fourth-order valence-corrected chi connectivity index (χ4v) is 5.03. The predicted molar refractivity (Wildman–Crippen MR) is 98.4 cm³/mol. The van der Waals surface area contributed by atoms with E-state index < -0.39 is 0 Å². The van der Waals surface area contributed by atoms with E-state index >= 15 is 0 Å². The van der Waals surface area contributed by atoms with Crippen LogP contribution in [0.15, 0.2) is 51.2 Å². The molecule has 0 N–H and O–H groups in total. The van der Waals surface area contributed by atoms with Gasteiger partial charge in [0.25, 0.3) is 5.89 Å². The van der Waals surface area contributed by atoms with Crippen LogP contribution in [-0.2, 0) is 5.75 Å². The normalized spacial score (nSPS) is 15.1. The van der Waals surface area contributed by atoms with E-state index in [0.717, 1.165) is 20.7 Å². The van der Waals surface area contributed by atoms with Crippen molar-refractivity contribution in [3.8, 4) is 10.8 Å². The molecule has 0 aliphatic carbocycles. The molecule has 4 nitrogen and oxygen atoms in total. The summed E-state index contributed by atoms with van der Waals surface area (Å²) in [6.45, 7) is 2.07. The van der Waals surface area contributed by atoms with E-state index in [0.29, 0.717) is 11.8 Å². The molecule has 1 aliphatic heterocycles. The quantitative estimate of drug-likeness (QED) is 0.615. The number of aromatic nitrogens is 2. The van der Waals surface area contributed by atoms with Crippen molar-refractivity contribution in [3.63, 3.8) is 0 Å². The lowest BCUT2D eigenvalue weighted by Crippen LogP contribution is -1.99. The van der Waals surface area contributed by atoms with E-state index in [4.69, 9.17) is 9.41 Å². The molecule has 23 heavy (non-hydrogen) atoms. The topological polar surface area (TPSA) is 51.3 Å². The molecule has 0 saturated carbocycles. The maximum atomic E-state index is 5.80. The van der Waals surface area contributed by atoms with Crippen LogP contribution >= 0.6 is 34.9 Å². The summed E-state index contributed by atoms with van der Waals surface area (Å²) in [5, 5.41) is 10.4. The molecule has 4 rings (SSSR count). The molecule has 116 valence electrons. The molecule has 1 atom stereocenters. The molecule has 1 aromatic carbocycles. The first-order chi connectivity index (χ1) is 11.3. The predicted octanol–water partition coefficient (Wildman–Crippen LogP) is 5.53. The van der Waals surface area contributed by atoms with Gasteiger partial charge in [-0.25, -0.2) is 4.99 Å². The number of aliphatic imine (C=N–C) groups is 1. The summed E-state index contributed by atoms with van der Waals surface area (Å²) >= 11 is 5.02. The average molecular weight is 360 g/mol. The van der Waals surface area contributed by atoms with Crippen LogP contribution in [0.1, 0.15) is 23.6 Å². The van der Waals surface area contributed by atoms with Crippen molar-refractivity contribution in [1.29, 1.82) is 0 Å². The summed E-state index contributed by atoms with van der Waals surface area (Å²) in [5.41, 5.74) is 2.35. The van der Waals surface area contributed by atoms with Crippen molar-refractivity contribution in [2.75, 3.05) is 0 Å². The number of rotatable bonds is 3. The Morgan fingerprint density at radius 2 is 2.09 bits per heavy atom. The van der Waals surface area contributed by atoms with Crippen molar-refractivity contribution < 1.29 is 4.42 Å². The molecule has 3 aromatic rings. The number of fused-ring (bicyclic) bond motifs is 1. The largest absolute Gasteiger partial charge is 0.419 e. The Hall–Kier alpha value is -1.57. The van der Waals surface area contributed by atoms with Crippen LogP contribution in [0.2, 0.25) is 0 Å². The Bertz CT molecular complexity index is 842. The standard InChI is InChI=1S/C16H13N3OS3/c1-10(14-18-19-15(20-14)13-7-4-8-21-13)23-16-17-12-6-3-2-5-11(12)9-22-16/h2-8,10H,9H2,1H3. The zero-order chi connectivity index (χ0) is 15.6. The summed E-state index contributed by atoms with van der Waals surface area (Å²) in [7, 11) is 0. The molecule has 0 spiro atoms. The maximum Gasteiger partial charge on any atom is 0.257 e. The second kappa shape index (κ2) is 6.51. The minimum absolute atomic E-state index is 0.0766. The summed E-state index contributed by atoms with van der Waals surface area (Å²) in [6, 6.07) is 12.2. The number of benzene rings is 1. The number of thioether (sulfide) groups is 2. The first-order valence-electron chi connectivity index (χ1n) is 7.13. The van der Waals surface area contributed by atoms with Gasteiger partial charge in [0.05, 0.1) is 15.8 Å². The highest BCUT2D eigenvalue weighted by molar-refractivity contribution is 8.38. The van der Waals surface area contributed by atoms with E-state index in [-0.39, 0.29) is 5.25 Å². The monoisotopic (exact) mass is 359 g/mol. The SMILES string of the molecule is CC(SC1=Nc2ccccc2CS1)c1nnc(-c2cccs2)o1. The van der Waals surface area contributed by atoms with E-state index in [1.54, 1.807) is 34.9 Å². The minimum Gasteiger partial charge on any atom is -0.419 e. The highest BCUT2D eigenvalue weighted by Gasteiger charge is 2.21. The minimum atomic E-state index is 0.0766. The summed E-state index contributed by atoms with van der Waals surface area (Å²) < 4.78 is 6.85. The molecule has 3 heterocycles. The molecule has 1 unspecified atom stereocenters. The maximum absolute atomic E-state index is 5.80. The second-order valence-electron chi connectivity index (χ2n) is 4.98. The Morgan fingerprint density at radius 1 is 1.17 bits per heavy atom. The molecular weight excluding hydrogens is 346 g/mol. The van der Waals surface area contributed by atoms with E-state index in [1.807, 2.05) is 23.6 Å². The number of nitrogens with zero attached hydrogens (tertiary/aromatic N) is 3. The lowest BCUT2D eigenvalue weighted by molar-refractivity contribution is 0.511. The van der Waals surface area contributed by atoms with Crippen LogP contribution in [0, 0.1) is 0 Å². The first-order valence-corrected chi connectivity index (χ1v) is 9.87. The zero-order valence-electron chi connectivity index (χ0n) is 12.3. The summed E-state index contributed by atoms with van der Waals surface area (Å²) in [4.78, 5) is 5.72. The summed E-state index contributed by atoms with van der Waals surface area (Å²) in [5.74, 6) is 2.19. The van der Waals surface area contributed by atoms with Gasteiger partial charge >= 0.3 is 0 Å². The van der Waals surface area contributed by atoms with E-state index in [1.165, 1.54) is 5.56 Å². The number of thiophene rings is 1. The van der Waals surface area contributed by atoms with Gasteiger partial charge in [0.15, 0.2) is 0 Å². The van der Waals surface area contributed by atoms with Crippen LogP contribution in [0.25, 0.3) is 10.8 Å². The number of para-hydroxylation sites is 1. The smallest absolute Gasteiger partial charge is 0.257 e. The van der Waals surface area contributed by atoms with Crippen LogP contribution in [0.3, 0.4) is 0 Å². The van der Waals surface area contributed by atoms with Gasteiger partial charge in [0.2, 0.25) is 5.89 Å². The summed E-state index contributed by atoms with van der Waals surface area (Å²) in [6.07, 6.45) is 0. The third-order valence-electron chi connectivity index (χ3n) is 3.35. The Morgan fingerprint density at radius 3 is 2.96 bits per heavy atom. The lowest BCUT2D eigenvalue weighted by Gasteiger charge is -2.15. The highest BCUT2D eigenvalue weighted by atomic mass is 32.2. The molecule has 1 aliphatic rings. The molecule has 0 bridgehead atoms. The van der Waals surface area contributed by atoms with Crippen molar-refractivity contribution in [1.82, 2.24) is 10.2 Å². The van der Waals surface area contributed by atoms with Gasteiger partial charge in [0, 0.05) is 5.75 Å². The third-order valence-corrected chi connectivity index (χ3v) is 6.49. The van der Waals surface area contributed by atoms with Crippen molar-refractivity contribution >= 4 is 44.9 Å². The van der Waals surface area contributed by atoms with Gasteiger partial charge in [-0.3, -0.25) is 0 Å². The van der Waals surface area contributed by atoms with Gasteiger partial charge in [-0.05, 0) is 30.0 Å². The van der Waals surface area contributed by atoms with Crippen molar-refractivity contribution in [3.05, 3.63) is 53.2 Å². The van der Waals surface area contributed by atoms with Crippen LogP contribution in [0.5, 0.6) is 0 Å². The molecule has 0 saturated heterocycles. The lowest BCUT2D eigenvalue weighted by atomic mass is 10.2. The van der Waals surface area contributed by atoms with Gasteiger partial charge in [-0.15, -0.1) is 21.5 Å². The third kappa shape index (κ3) is 3.22. The molecule has 0 radical (unpaired) electrons. The fourth-order valence-electron chi connectivity index (χ4n) is 2.17. The highest BCUT2D eigenvalue weighted by Crippen LogP contribution is 2.40. The van der Waals surface area contributed by atoms with Crippen molar-refractivity contribution in [2.24, 2.45) is 4.99 Å². The van der Waals surface area contributed by atoms with E-state index in [9.17, 15) is 0 Å². The zero-order valence-corrected chi connectivity index (χ0v) is 14.8. The first kappa shape index (κ1) is 15.0. The molecule has 2 aromatic heterocycles. The second-order valence-corrected chi connectivity index (χ2v) is 8.48. The molecule has 0 amide bonds. The Balaban J connectivity index is 1.50. The molecule has 7 heteroatoms. The van der Waals surface area contributed by atoms with Gasteiger partial charge in [-0.1, -0.05) is 47.8 Å². The van der Waals surface area contributed by atoms with E-state index in [2.05, 4.69) is 35.3 Å². The number of hydrogen-bond donors (Lipinski definition) is 0. The Kier molecular flexibility index (Phi) is 4.24. The van der Waals surface area contributed by atoms with Crippen LogP contribution < -0.4 is 0 Å². The molecule has 0 fully saturated rings. The number of hydrogen-bond acceptors (Lipinski definition) is 7. The van der Waals surface area contributed by atoms with Crippen molar-refractivity contribution in [2.45, 2.75) is 17.9 Å². The molecular formula is C16H13N3OS3. The fraction of sp³-hybridized carbons (Fsp3) is 0.188. The van der Waals surface area contributed by atoms with Gasteiger partial charge < -0.3 is 4.42 Å². The average Bonchev–Trinajstić information content (AvgIpc) is 3.26. The van der Waals surface area contributed by atoms with Gasteiger partial charge in [0.1, 0.15) is 4.38 Å². The van der Waals surface area contributed by atoms with Crippen LogP contribution in [-0.4, -0.2) is 14.6 Å². The van der Waals surface area contributed by atoms with Crippen LogP contribution in [0.4, 0.5) is 5.69 Å². The Labute approximate surface area is 146 Å².